The van der Waals surface area contributed by atoms with Gasteiger partial charge in [0.2, 0.25) is 11.8 Å². The minimum atomic E-state index is -0.977. The number of aliphatic hydroxyl groups excluding tert-OH is 1. The lowest BCUT2D eigenvalue weighted by molar-refractivity contribution is -0.150. The number of hydrogen-bond acceptors (Lipinski definition) is 5. The van der Waals surface area contributed by atoms with Gasteiger partial charge >= 0.3 is 5.97 Å². The van der Waals surface area contributed by atoms with E-state index in [0.29, 0.717) is 19.5 Å². The molecule has 2 N–H and O–H groups in total. The third-order valence-electron chi connectivity index (χ3n) is 7.89. The maximum absolute atomic E-state index is 14.3. The topological polar surface area (TPSA) is 98.2 Å². The Hall–Kier alpha value is -2.32. The number of carbonyl (C=O) groups excluding carboxylic acids is 2. The van der Waals surface area contributed by atoms with Gasteiger partial charge in [-0.1, -0.05) is 57.2 Å². The van der Waals surface area contributed by atoms with Gasteiger partial charge in [-0.25, -0.2) is 0 Å². The zero-order chi connectivity index (χ0) is 24.8. The van der Waals surface area contributed by atoms with Gasteiger partial charge in [-0.2, -0.15) is 0 Å². The number of aliphatic carboxylic acids is 1. The van der Waals surface area contributed by atoms with E-state index >= 15 is 0 Å². The first-order valence-electron chi connectivity index (χ1n) is 12.0. The zero-order valence-electron chi connectivity index (χ0n) is 20.0. The Morgan fingerprint density at radius 1 is 1.32 bits per heavy atom. The second kappa shape index (κ2) is 9.38. The minimum absolute atomic E-state index is 0.000175. The fraction of sp³-hybridized carbons (Fsp3) is 0.577. The van der Waals surface area contributed by atoms with Gasteiger partial charge in [-0.3, -0.25) is 14.4 Å². The molecule has 2 bridgehead atoms. The highest BCUT2D eigenvalue weighted by Crippen LogP contribution is 2.69. The number of amides is 2. The van der Waals surface area contributed by atoms with Crippen LogP contribution in [0.4, 0.5) is 0 Å². The first-order chi connectivity index (χ1) is 16.2. The minimum Gasteiger partial charge on any atom is -0.481 e. The van der Waals surface area contributed by atoms with Gasteiger partial charge in [0.25, 0.3) is 0 Å². The third-order valence-corrected chi connectivity index (χ3v) is 9.97. The summed E-state index contributed by atoms with van der Waals surface area (Å²) < 4.78 is -0.819. The molecule has 184 valence electrons. The summed E-state index contributed by atoms with van der Waals surface area (Å²) in [5, 5.41) is 20.1. The highest BCUT2D eigenvalue weighted by atomic mass is 32.2. The van der Waals surface area contributed by atoms with E-state index in [1.165, 1.54) is 11.8 Å². The number of carbonyl (C=O) groups is 3. The lowest BCUT2D eigenvalue weighted by Gasteiger charge is -2.42. The summed E-state index contributed by atoms with van der Waals surface area (Å²) >= 11 is 1.52. The molecule has 7 atom stereocenters. The zero-order valence-corrected chi connectivity index (χ0v) is 20.8. The van der Waals surface area contributed by atoms with E-state index in [9.17, 15) is 24.6 Å². The summed E-state index contributed by atoms with van der Waals surface area (Å²) in [6.45, 7) is 10.1. The van der Waals surface area contributed by atoms with Crippen molar-refractivity contribution in [2.45, 2.75) is 55.8 Å². The summed E-state index contributed by atoms with van der Waals surface area (Å²) in [5.74, 6) is -3.17. The second-order valence-electron chi connectivity index (χ2n) is 10.1. The molecule has 1 aromatic rings. The highest BCUT2D eigenvalue weighted by Gasteiger charge is 2.77. The fourth-order valence-corrected chi connectivity index (χ4v) is 8.76. The van der Waals surface area contributed by atoms with E-state index in [4.69, 9.17) is 0 Å². The van der Waals surface area contributed by atoms with Gasteiger partial charge in [0.15, 0.2) is 0 Å². The normalized spacial score (nSPS) is 32.7. The van der Waals surface area contributed by atoms with Crippen molar-refractivity contribution in [1.82, 2.24) is 9.80 Å². The molecule has 3 aliphatic rings. The Kier molecular flexibility index (Phi) is 6.84. The molecule has 3 aliphatic heterocycles. The average molecular weight is 487 g/mol. The van der Waals surface area contributed by atoms with Gasteiger partial charge < -0.3 is 20.0 Å². The van der Waals surface area contributed by atoms with Gasteiger partial charge in [0.1, 0.15) is 6.04 Å². The van der Waals surface area contributed by atoms with Crippen molar-refractivity contribution < 1.29 is 24.6 Å². The average Bonchev–Trinajstić information content (AvgIpc) is 3.38. The van der Waals surface area contributed by atoms with E-state index in [2.05, 4.69) is 6.58 Å². The predicted molar refractivity (Wildman–Crippen MR) is 131 cm³/mol. The maximum atomic E-state index is 14.3. The largest absolute Gasteiger partial charge is 0.481 e. The molecule has 0 radical (unpaired) electrons. The molecule has 8 heteroatoms. The number of rotatable bonds is 9. The van der Waals surface area contributed by atoms with Crippen LogP contribution in [0.1, 0.15) is 32.8 Å². The fourth-order valence-electron chi connectivity index (χ4n) is 6.36. The van der Waals surface area contributed by atoms with Crippen molar-refractivity contribution in [3.05, 3.63) is 48.6 Å². The molecule has 7 nitrogen and oxygen atoms in total. The summed E-state index contributed by atoms with van der Waals surface area (Å²) in [6.07, 6.45) is 2.33. The molecular formula is C26H34N2O5S. The van der Waals surface area contributed by atoms with Crippen molar-refractivity contribution in [1.29, 1.82) is 0 Å². The molecule has 34 heavy (non-hydrogen) atoms. The van der Waals surface area contributed by atoms with Crippen LogP contribution in [0, 0.1) is 23.7 Å². The molecule has 2 amide bonds. The standard InChI is InChI=1S/C26H34N2O5S/c1-5-11-27(13-17-9-7-6-8-10-17)24(31)22-26-16(4)12-19(34-26)20(25(32)33)21(26)23(30)28(22)18(14-29)15(2)3/h5-10,15-16,18-22,29H,1,11-14H2,2-4H3,(H,32,33)/t16?,18-,19-,20+,21-,22?,26?/m0/s1. The number of carboxylic acid groups (broad SMARTS) is 1. The van der Waals surface area contributed by atoms with Crippen molar-refractivity contribution in [3.8, 4) is 0 Å². The smallest absolute Gasteiger partial charge is 0.308 e. The van der Waals surface area contributed by atoms with Gasteiger partial charge in [0, 0.05) is 18.3 Å². The van der Waals surface area contributed by atoms with Crippen LogP contribution in [0.15, 0.2) is 43.0 Å². The Balaban J connectivity index is 1.82. The number of hydrogen-bond donors (Lipinski definition) is 2. The predicted octanol–water partition coefficient (Wildman–Crippen LogP) is 2.64. The molecule has 3 heterocycles. The number of carboxylic acids is 1. The van der Waals surface area contributed by atoms with Gasteiger partial charge in [0.05, 0.1) is 29.2 Å². The second-order valence-corrected chi connectivity index (χ2v) is 11.7. The number of thioether (sulfide) groups is 1. The molecule has 3 fully saturated rings. The van der Waals surface area contributed by atoms with Crippen molar-refractivity contribution in [2.24, 2.45) is 23.7 Å². The van der Waals surface area contributed by atoms with E-state index < -0.39 is 34.6 Å². The SMILES string of the molecule is C=CCN(Cc1ccccc1)C(=O)C1N([C@@H](CO)C(C)C)C(=O)[C@@H]2[C@H](C(=O)O)[C@@H]3CC(C)C12S3. The summed E-state index contributed by atoms with van der Waals surface area (Å²) in [6, 6.07) is 8.26. The third kappa shape index (κ3) is 3.66. The number of likely N-dealkylation sites (tertiary alicyclic amines) is 1. The Morgan fingerprint density at radius 3 is 2.56 bits per heavy atom. The van der Waals surface area contributed by atoms with Crippen LogP contribution in [-0.2, 0) is 20.9 Å². The lowest BCUT2D eigenvalue weighted by Crippen LogP contribution is -2.59. The van der Waals surface area contributed by atoms with E-state index in [0.717, 1.165) is 5.56 Å². The molecule has 0 aliphatic carbocycles. The van der Waals surface area contributed by atoms with E-state index in [-0.39, 0.29) is 35.5 Å². The number of benzene rings is 1. The summed E-state index contributed by atoms with van der Waals surface area (Å²) in [4.78, 5) is 43.8. The van der Waals surface area contributed by atoms with Crippen LogP contribution in [-0.4, -0.2) is 73.0 Å². The van der Waals surface area contributed by atoms with Crippen molar-refractivity contribution >= 4 is 29.5 Å². The van der Waals surface area contributed by atoms with Crippen molar-refractivity contribution in [3.63, 3.8) is 0 Å². The van der Waals surface area contributed by atoms with Crippen LogP contribution in [0.2, 0.25) is 0 Å². The first kappa shape index (κ1) is 24.8. The van der Waals surface area contributed by atoms with Crippen LogP contribution >= 0.6 is 11.8 Å². The Morgan fingerprint density at radius 2 is 2.00 bits per heavy atom. The van der Waals surface area contributed by atoms with Crippen molar-refractivity contribution in [2.75, 3.05) is 13.2 Å². The summed E-state index contributed by atoms with van der Waals surface area (Å²) in [5.41, 5.74) is 0.963. The molecule has 0 aromatic heterocycles. The Bertz CT molecular complexity index is 969. The van der Waals surface area contributed by atoms with Crippen LogP contribution in [0.5, 0.6) is 0 Å². The highest BCUT2D eigenvalue weighted by molar-refractivity contribution is 8.02. The molecule has 1 spiro atoms. The maximum Gasteiger partial charge on any atom is 0.308 e. The molecule has 4 rings (SSSR count). The Labute approximate surface area is 205 Å². The van der Waals surface area contributed by atoms with Crippen LogP contribution < -0.4 is 0 Å². The molecule has 3 unspecified atom stereocenters. The number of nitrogens with zero attached hydrogens (tertiary/aromatic N) is 2. The van der Waals surface area contributed by atoms with E-state index in [1.54, 1.807) is 15.9 Å². The monoisotopic (exact) mass is 486 g/mol. The molecular weight excluding hydrogens is 452 g/mol. The lowest BCUT2D eigenvalue weighted by atomic mass is 9.66. The number of aliphatic hydroxyl groups is 1. The van der Waals surface area contributed by atoms with E-state index in [1.807, 2.05) is 51.1 Å². The van der Waals surface area contributed by atoms with Gasteiger partial charge in [-0.15, -0.1) is 18.3 Å². The van der Waals surface area contributed by atoms with Crippen LogP contribution in [0.25, 0.3) is 0 Å². The summed E-state index contributed by atoms with van der Waals surface area (Å²) in [7, 11) is 0. The number of fused-ring (bicyclic) bond motifs is 1. The van der Waals surface area contributed by atoms with Crippen LogP contribution in [0.3, 0.4) is 0 Å². The molecule has 0 saturated carbocycles. The first-order valence-corrected chi connectivity index (χ1v) is 12.8. The molecule has 3 saturated heterocycles. The molecule has 1 aromatic carbocycles. The van der Waals surface area contributed by atoms with Gasteiger partial charge in [-0.05, 0) is 23.8 Å². The quantitative estimate of drug-likeness (QED) is 0.521.